The van der Waals surface area contributed by atoms with Crippen LogP contribution in [-0.2, 0) is 0 Å². The Hall–Kier alpha value is -1.94. The van der Waals surface area contributed by atoms with Crippen LogP contribution in [0.3, 0.4) is 0 Å². The lowest BCUT2D eigenvalue weighted by Crippen LogP contribution is -1.90. The highest BCUT2D eigenvalue weighted by molar-refractivity contribution is 7.13. The Morgan fingerprint density at radius 3 is 2.82 bits per heavy atom. The number of benzene rings is 2. The van der Waals surface area contributed by atoms with Gasteiger partial charge in [0.25, 0.3) is 0 Å². The first-order valence-electron chi connectivity index (χ1n) is 5.20. The van der Waals surface area contributed by atoms with E-state index in [1.54, 1.807) is 6.07 Å². The van der Waals surface area contributed by atoms with Gasteiger partial charge in [0, 0.05) is 11.1 Å². The van der Waals surface area contributed by atoms with Gasteiger partial charge < -0.3 is 5.32 Å². The van der Waals surface area contributed by atoms with E-state index in [4.69, 9.17) is 0 Å². The Morgan fingerprint density at radius 2 is 1.94 bits per heavy atom. The van der Waals surface area contributed by atoms with Crippen LogP contribution >= 0.6 is 11.5 Å². The summed E-state index contributed by atoms with van der Waals surface area (Å²) in [6.07, 6.45) is 0. The molecule has 2 nitrogen and oxygen atoms in total. The molecule has 1 aromatic heterocycles. The molecule has 0 fully saturated rings. The normalized spacial score (nSPS) is 10.6. The van der Waals surface area contributed by atoms with Crippen molar-refractivity contribution in [1.29, 1.82) is 0 Å². The topological polar surface area (TPSA) is 24.9 Å². The van der Waals surface area contributed by atoms with Crippen molar-refractivity contribution in [2.45, 2.75) is 0 Å². The van der Waals surface area contributed by atoms with Crippen molar-refractivity contribution >= 4 is 33.1 Å². The zero-order chi connectivity index (χ0) is 11.7. The second kappa shape index (κ2) is 4.14. The van der Waals surface area contributed by atoms with Crippen molar-refractivity contribution in [1.82, 2.24) is 4.37 Å². The number of anilines is 2. The lowest BCUT2D eigenvalue weighted by molar-refractivity contribution is 0.628. The van der Waals surface area contributed by atoms with Gasteiger partial charge in [-0.3, -0.25) is 0 Å². The first-order chi connectivity index (χ1) is 8.33. The van der Waals surface area contributed by atoms with Gasteiger partial charge in [-0.25, -0.2) is 4.39 Å². The smallest absolute Gasteiger partial charge is 0.151 e. The summed E-state index contributed by atoms with van der Waals surface area (Å²) >= 11 is 1.43. The van der Waals surface area contributed by atoms with Crippen LogP contribution < -0.4 is 5.32 Å². The predicted molar refractivity (Wildman–Crippen MR) is 69.3 cm³/mol. The fraction of sp³-hybridized carbons (Fsp3) is 0. The molecule has 0 saturated heterocycles. The van der Waals surface area contributed by atoms with Crippen LogP contribution in [0.1, 0.15) is 0 Å². The summed E-state index contributed by atoms with van der Waals surface area (Å²) in [7, 11) is 0. The molecule has 0 bridgehead atoms. The number of aromatic nitrogens is 1. The largest absolute Gasteiger partial charge is 0.339 e. The maximum absolute atomic E-state index is 13.1. The first kappa shape index (κ1) is 10.2. The van der Waals surface area contributed by atoms with E-state index in [1.165, 1.54) is 23.7 Å². The molecule has 0 spiro atoms. The highest BCUT2D eigenvalue weighted by Crippen LogP contribution is 2.28. The molecular weight excluding hydrogens is 235 g/mol. The van der Waals surface area contributed by atoms with Crippen LogP contribution in [-0.4, -0.2) is 4.37 Å². The lowest BCUT2D eigenvalue weighted by atomic mass is 10.2. The zero-order valence-corrected chi connectivity index (χ0v) is 9.67. The number of hydrogen-bond acceptors (Lipinski definition) is 3. The number of nitrogens with zero attached hydrogens (tertiary/aromatic N) is 1. The average Bonchev–Trinajstić information content (AvgIpc) is 2.73. The van der Waals surface area contributed by atoms with Crippen LogP contribution in [0.4, 0.5) is 15.9 Å². The second-order valence-electron chi connectivity index (χ2n) is 3.66. The molecule has 84 valence electrons. The van der Waals surface area contributed by atoms with Gasteiger partial charge in [0.1, 0.15) is 5.82 Å². The molecule has 0 aliphatic carbocycles. The van der Waals surface area contributed by atoms with E-state index in [2.05, 4.69) is 9.69 Å². The van der Waals surface area contributed by atoms with E-state index in [1.807, 2.05) is 30.3 Å². The van der Waals surface area contributed by atoms with E-state index in [9.17, 15) is 4.39 Å². The van der Waals surface area contributed by atoms with Crippen molar-refractivity contribution in [3.63, 3.8) is 0 Å². The molecule has 0 aliphatic heterocycles. The van der Waals surface area contributed by atoms with Gasteiger partial charge in [-0.05, 0) is 41.9 Å². The molecule has 3 rings (SSSR count). The molecule has 0 saturated carbocycles. The van der Waals surface area contributed by atoms with E-state index < -0.39 is 0 Å². The third-order valence-electron chi connectivity index (χ3n) is 2.46. The molecule has 0 unspecified atom stereocenters. The van der Waals surface area contributed by atoms with Crippen molar-refractivity contribution in [3.8, 4) is 0 Å². The summed E-state index contributed by atoms with van der Waals surface area (Å²) in [6, 6.07) is 14.3. The Bertz CT molecular complexity index is 663. The lowest BCUT2D eigenvalue weighted by Gasteiger charge is -2.03. The molecule has 2 aromatic carbocycles. The molecule has 0 radical (unpaired) electrons. The molecule has 3 aromatic rings. The third-order valence-corrected chi connectivity index (χ3v) is 3.29. The predicted octanol–water partition coefficient (Wildman–Crippen LogP) is 4.18. The summed E-state index contributed by atoms with van der Waals surface area (Å²) in [6.45, 7) is 0. The first-order valence-corrected chi connectivity index (χ1v) is 5.97. The standard InChI is InChI=1S/C13H9FN2S/c14-9-4-3-5-10(8-9)15-13-11-6-1-2-7-12(11)17-16-13/h1-8H,(H,15,16). The van der Waals surface area contributed by atoms with E-state index in [0.29, 0.717) is 5.69 Å². The summed E-state index contributed by atoms with van der Waals surface area (Å²) in [5, 5.41) is 4.18. The number of halogens is 1. The number of hydrogen-bond donors (Lipinski definition) is 1. The molecule has 17 heavy (non-hydrogen) atoms. The minimum Gasteiger partial charge on any atom is -0.339 e. The molecule has 0 amide bonds. The van der Waals surface area contributed by atoms with Gasteiger partial charge in [-0.2, -0.15) is 4.37 Å². The fourth-order valence-corrected chi connectivity index (χ4v) is 2.42. The van der Waals surface area contributed by atoms with E-state index in [0.717, 1.165) is 15.9 Å². The molecule has 4 heteroatoms. The van der Waals surface area contributed by atoms with Crippen molar-refractivity contribution in [3.05, 3.63) is 54.3 Å². The van der Waals surface area contributed by atoms with Crippen LogP contribution in [0.5, 0.6) is 0 Å². The Labute approximate surface area is 102 Å². The Morgan fingerprint density at radius 1 is 1.06 bits per heavy atom. The van der Waals surface area contributed by atoms with Gasteiger partial charge in [0.15, 0.2) is 5.82 Å². The highest BCUT2D eigenvalue weighted by atomic mass is 32.1. The van der Waals surface area contributed by atoms with Gasteiger partial charge in [0.05, 0.1) is 4.70 Å². The minimum absolute atomic E-state index is 0.255. The summed E-state index contributed by atoms with van der Waals surface area (Å²) in [5.74, 6) is 0.519. The van der Waals surface area contributed by atoms with Crippen LogP contribution in [0.15, 0.2) is 48.5 Å². The van der Waals surface area contributed by atoms with Gasteiger partial charge >= 0.3 is 0 Å². The third kappa shape index (κ3) is 1.99. The van der Waals surface area contributed by atoms with Crippen LogP contribution in [0.25, 0.3) is 10.1 Å². The maximum atomic E-state index is 13.1. The summed E-state index contributed by atoms with van der Waals surface area (Å²) < 4.78 is 18.5. The second-order valence-corrected chi connectivity index (χ2v) is 4.47. The number of fused-ring (bicyclic) bond motifs is 1. The van der Waals surface area contributed by atoms with E-state index in [-0.39, 0.29) is 5.82 Å². The SMILES string of the molecule is Fc1cccc(Nc2nsc3ccccc23)c1. The maximum Gasteiger partial charge on any atom is 0.151 e. The van der Waals surface area contributed by atoms with E-state index >= 15 is 0 Å². The molecule has 0 atom stereocenters. The van der Waals surface area contributed by atoms with Crippen LogP contribution in [0.2, 0.25) is 0 Å². The zero-order valence-electron chi connectivity index (χ0n) is 8.85. The van der Waals surface area contributed by atoms with Gasteiger partial charge in [-0.1, -0.05) is 18.2 Å². The molecular formula is C13H9FN2S. The quantitative estimate of drug-likeness (QED) is 0.731. The average molecular weight is 244 g/mol. The monoisotopic (exact) mass is 244 g/mol. The van der Waals surface area contributed by atoms with Crippen molar-refractivity contribution < 1.29 is 4.39 Å². The molecule has 1 N–H and O–H groups in total. The summed E-state index contributed by atoms with van der Waals surface area (Å²) in [4.78, 5) is 0. The Balaban J connectivity index is 2.00. The van der Waals surface area contributed by atoms with Gasteiger partial charge in [-0.15, -0.1) is 0 Å². The molecule has 1 heterocycles. The van der Waals surface area contributed by atoms with Crippen LogP contribution in [0, 0.1) is 5.82 Å². The fourth-order valence-electron chi connectivity index (χ4n) is 1.68. The highest BCUT2D eigenvalue weighted by Gasteiger charge is 2.05. The Kier molecular flexibility index (Phi) is 2.49. The number of rotatable bonds is 2. The van der Waals surface area contributed by atoms with Crippen molar-refractivity contribution in [2.75, 3.05) is 5.32 Å². The summed E-state index contributed by atoms with van der Waals surface area (Å²) in [5.41, 5.74) is 0.709. The van der Waals surface area contributed by atoms with Crippen molar-refractivity contribution in [2.24, 2.45) is 0 Å². The van der Waals surface area contributed by atoms with Gasteiger partial charge in [0.2, 0.25) is 0 Å². The minimum atomic E-state index is -0.255. The molecule has 0 aliphatic rings. The number of nitrogens with one attached hydrogen (secondary N) is 1.